The molecule has 0 saturated carbocycles. The number of aldehydes is 1. The van der Waals surface area contributed by atoms with Gasteiger partial charge in [0.1, 0.15) is 17.3 Å². The van der Waals surface area contributed by atoms with Gasteiger partial charge in [-0.15, -0.1) is 0 Å². The predicted molar refractivity (Wildman–Crippen MR) is 73.8 cm³/mol. The molecule has 0 atom stereocenters. The number of hydrogen-bond donors (Lipinski definition) is 0. The third-order valence-electron chi connectivity index (χ3n) is 2.76. The summed E-state index contributed by atoms with van der Waals surface area (Å²) in [5.74, 6) is 2.16. The van der Waals surface area contributed by atoms with Gasteiger partial charge in [0.05, 0.1) is 11.8 Å². The van der Waals surface area contributed by atoms with Gasteiger partial charge in [0.2, 0.25) is 0 Å². The van der Waals surface area contributed by atoms with Gasteiger partial charge < -0.3 is 9.15 Å². The van der Waals surface area contributed by atoms with Gasteiger partial charge >= 0.3 is 0 Å². The minimum Gasteiger partial charge on any atom is -0.455 e. The molecule has 98 valence electrons. The molecule has 0 N–H and O–H groups in total. The zero-order chi connectivity index (χ0) is 13.8. The molecule has 0 spiro atoms. The van der Waals surface area contributed by atoms with E-state index < -0.39 is 0 Å². The first-order valence-electron chi connectivity index (χ1n) is 6.09. The van der Waals surface area contributed by atoms with Crippen molar-refractivity contribution in [3.05, 3.63) is 66.7 Å². The van der Waals surface area contributed by atoms with Crippen LogP contribution in [0.4, 0.5) is 0 Å². The fourth-order valence-corrected chi connectivity index (χ4v) is 1.85. The van der Waals surface area contributed by atoms with E-state index in [1.807, 2.05) is 30.3 Å². The van der Waals surface area contributed by atoms with E-state index in [9.17, 15) is 4.79 Å². The minimum atomic E-state index is 0.288. The lowest BCUT2D eigenvalue weighted by atomic mass is 10.1. The Morgan fingerprint density at radius 2 is 1.95 bits per heavy atom. The van der Waals surface area contributed by atoms with E-state index in [0.717, 1.165) is 5.56 Å². The predicted octanol–water partition coefficient (Wildman–Crippen LogP) is 3.95. The summed E-state index contributed by atoms with van der Waals surface area (Å²) in [7, 11) is 0. The van der Waals surface area contributed by atoms with Crippen molar-refractivity contribution in [3.8, 4) is 22.8 Å². The number of ether oxygens (including phenoxy) is 1. The maximum atomic E-state index is 10.7. The van der Waals surface area contributed by atoms with Crippen LogP contribution in [0.3, 0.4) is 0 Å². The van der Waals surface area contributed by atoms with Crippen molar-refractivity contribution in [1.82, 2.24) is 4.98 Å². The molecule has 1 aromatic carbocycles. The summed E-state index contributed by atoms with van der Waals surface area (Å²) < 4.78 is 11.2. The Labute approximate surface area is 115 Å². The van der Waals surface area contributed by atoms with Crippen LogP contribution in [-0.2, 0) is 0 Å². The molecule has 4 heteroatoms. The van der Waals surface area contributed by atoms with Crippen LogP contribution in [0.1, 0.15) is 10.6 Å². The van der Waals surface area contributed by atoms with Crippen LogP contribution in [0.15, 0.2) is 65.3 Å². The number of benzene rings is 1. The highest BCUT2D eigenvalue weighted by Gasteiger charge is 2.10. The van der Waals surface area contributed by atoms with Gasteiger partial charge in [-0.2, -0.15) is 0 Å². The van der Waals surface area contributed by atoms with Gasteiger partial charge in [-0.3, -0.25) is 9.78 Å². The SMILES string of the molecule is O=Cc1ccc(-c2ccccc2Oc2cccnc2)o1. The number of pyridine rings is 1. The largest absolute Gasteiger partial charge is 0.455 e. The highest BCUT2D eigenvalue weighted by molar-refractivity contribution is 5.74. The maximum absolute atomic E-state index is 10.7. The summed E-state index contributed by atoms with van der Waals surface area (Å²) >= 11 is 0. The molecule has 4 nitrogen and oxygen atoms in total. The number of carbonyl (C=O) groups is 1. The van der Waals surface area contributed by atoms with E-state index in [-0.39, 0.29) is 5.76 Å². The lowest BCUT2D eigenvalue weighted by Crippen LogP contribution is -1.87. The van der Waals surface area contributed by atoms with Crippen LogP contribution in [-0.4, -0.2) is 11.3 Å². The molecule has 0 saturated heterocycles. The average molecular weight is 265 g/mol. The lowest BCUT2D eigenvalue weighted by molar-refractivity contribution is 0.110. The second-order valence-corrected chi connectivity index (χ2v) is 4.11. The van der Waals surface area contributed by atoms with Gasteiger partial charge in [-0.25, -0.2) is 0 Å². The van der Waals surface area contributed by atoms with Gasteiger partial charge in [-0.05, 0) is 36.4 Å². The zero-order valence-corrected chi connectivity index (χ0v) is 10.5. The van der Waals surface area contributed by atoms with Crippen LogP contribution in [0, 0.1) is 0 Å². The minimum absolute atomic E-state index is 0.288. The highest BCUT2D eigenvalue weighted by Crippen LogP contribution is 2.33. The van der Waals surface area contributed by atoms with Crippen LogP contribution in [0.5, 0.6) is 11.5 Å². The van der Waals surface area contributed by atoms with Gasteiger partial charge in [0.15, 0.2) is 12.0 Å². The molecule has 0 aliphatic heterocycles. The number of hydrogen-bond acceptors (Lipinski definition) is 4. The lowest BCUT2D eigenvalue weighted by Gasteiger charge is -2.08. The van der Waals surface area contributed by atoms with Crippen LogP contribution in [0.25, 0.3) is 11.3 Å². The Morgan fingerprint density at radius 1 is 1.05 bits per heavy atom. The van der Waals surface area contributed by atoms with Gasteiger partial charge in [0, 0.05) is 6.20 Å². The van der Waals surface area contributed by atoms with E-state index in [0.29, 0.717) is 23.5 Å². The second-order valence-electron chi connectivity index (χ2n) is 4.11. The average Bonchev–Trinajstić information content (AvgIpc) is 2.98. The van der Waals surface area contributed by atoms with Gasteiger partial charge in [-0.1, -0.05) is 12.1 Å². The fourth-order valence-electron chi connectivity index (χ4n) is 1.85. The first-order valence-corrected chi connectivity index (χ1v) is 6.09. The quantitative estimate of drug-likeness (QED) is 0.670. The highest BCUT2D eigenvalue weighted by atomic mass is 16.5. The third-order valence-corrected chi connectivity index (χ3v) is 2.76. The Kier molecular flexibility index (Phi) is 3.29. The summed E-state index contributed by atoms with van der Waals surface area (Å²) in [6.07, 6.45) is 3.99. The molecule has 0 unspecified atom stereocenters. The van der Waals surface area contributed by atoms with Crippen molar-refractivity contribution in [2.75, 3.05) is 0 Å². The third kappa shape index (κ3) is 2.44. The summed E-state index contributed by atoms with van der Waals surface area (Å²) in [6, 6.07) is 14.5. The standard InChI is InChI=1S/C16H11NO3/c18-11-13-7-8-16(20-13)14-5-1-2-6-15(14)19-12-4-3-9-17-10-12/h1-11H. The second kappa shape index (κ2) is 5.40. The fraction of sp³-hybridized carbons (Fsp3) is 0. The smallest absolute Gasteiger partial charge is 0.185 e. The Balaban J connectivity index is 1.98. The summed E-state index contributed by atoms with van der Waals surface area (Å²) in [6.45, 7) is 0. The van der Waals surface area contributed by atoms with Gasteiger partial charge in [0.25, 0.3) is 0 Å². The number of aromatic nitrogens is 1. The molecule has 0 bridgehead atoms. The molecule has 0 aliphatic carbocycles. The molecule has 3 aromatic rings. The van der Waals surface area contributed by atoms with E-state index in [2.05, 4.69) is 4.98 Å². The van der Waals surface area contributed by atoms with E-state index in [1.54, 1.807) is 30.6 Å². The van der Waals surface area contributed by atoms with Crippen molar-refractivity contribution in [1.29, 1.82) is 0 Å². The normalized spacial score (nSPS) is 10.2. The van der Waals surface area contributed by atoms with Crippen molar-refractivity contribution in [3.63, 3.8) is 0 Å². The molecule has 2 heterocycles. The molecular weight excluding hydrogens is 254 g/mol. The Bertz CT molecular complexity index is 719. The summed E-state index contributed by atoms with van der Waals surface area (Å²) in [5, 5.41) is 0. The van der Waals surface area contributed by atoms with Crippen molar-refractivity contribution in [2.24, 2.45) is 0 Å². The molecule has 0 aliphatic rings. The Morgan fingerprint density at radius 3 is 2.70 bits per heavy atom. The van der Waals surface area contributed by atoms with Crippen molar-refractivity contribution in [2.45, 2.75) is 0 Å². The number of carbonyl (C=O) groups excluding carboxylic acids is 1. The van der Waals surface area contributed by atoms with Crippen LogP contribution in [0.2, 0.25) is 0 Å². The number of furan rings is 1. The number of rotatable bonds is 4. The summed E-state index contributed by atoms with van der Waals surface area (Å²) in [5.41, 5.74) is 0.782. The van der Waals surface area contributed by atoms with E-state index in [4.69, 9.17) is 9.15 Å². The molecular formula is C16H11NO3. The molecule has 3 rings (SSSR count). The molecule has 20 heavy (non-hydrogen) atoms. The van der Waals surface area contributed by atoms with E-state index >= 15 is 0 Å². The first-order chi connectivity index (χ1) is 9.86. The summed E-state index contributed by atoms with van der Waals surface area (Å²) in [4.78, 5) is 14.7. The van der Waals surface area contributed by atoms with E-state index in [1.165, 1.54) is 0 Å². The van der Waals surface area contributed by atoms with Crippen LogP contribution >= 0.6 is 0 Å². The number of para-hydroxylation sites is 1. The molecule has 2 aromatic heterocycles. The topological polar surface area (TPSA) is 52.3 Å². The molecule has 0 fully saturated rings. The van der Waals surface area contributed by atoms with Crippen molar-refractivity contribution < 1.29 is 13.9 Å². The van der Waals surface area contributed by atoms with Crippen molar-refractivity contribution >= 4 is 6.29 Å². The maximum Gasteiger partial charge on any atom is 0.185 e. The Hall–Kier alpha value is -2.88. The first kappa shape index (κ1) is 12.2. The monoisotopic (exact) mass is 265 g/mol. The number of nitrogens with zero attached hydrogens (tertiary/aromatic N) is 1. The zero-order valence-electron chi connectivity index (χ0n) is 10.5. The van der Waals surface area contributed by atoms with Crippen LogP contribution < -0.4 is 4.74 Å². The molecule has 0 radical (unpaired) electrons. The molecule has 0 amide bonds.